The molecule has 0 aliphatic rings. The predicted molar refractivity (Wildman–Crippen MR) is 115 cm³/mol. The Bertz CT molecular complexity index is 377. The van der Waals surface area contributed by atoms with E-state index in [9.17, 15) is 0 Å². The Morgan fingerprint density at radius 2 is 1.38 bits per heavy atom. The monoisotopic (exact) mass is 366 g/mol. The van der Waals surface area contributed by atoms with Gasteiger partial charge in [0.2, 0.25) is 0 Å². The lowest BCUT2D eigenvalue weighted by Crippen LogP contribution is -2.17. The standard InChI is InChI=1S/C22H38S2/c1-4-7-9-14-19-22(20(15-6-3)16-11-8-5-2)24-23-21-17-12-10-13-18-21/h10,12-13,17-18,20,22H,4-9,11,14-16,19H2,1-3H3. The maximum Gasteiger partial charge on any atom is 0.0183 e. The van der Waals surface area contributed by atoms with Crippen molar-refractivity contribution < 1.29 is 0 Å². The van der Waals surface area contributed by atoms with Gasteiger partial charge in [-0.3, -0.25) is 0 Å². The molecule has 0 radical (unpaired) electrons. The van der Waals surface area contributed by atoms with Crippen LogP contribution in [0, 0.1) is 5.92 Å². The quantitative estimate of drug-likeness (QED) is 0.225. The summed E-state index contributed by atoms with van der Waals surface area (Å²) in [4.78, 5) is 1.41. The van der Waals surface area contributed by atoms with E-state index in [1.165, 1.54) is 75.5 Å². The minimum absolute atomic E-state index is 0.823. The van der Waals surface area contributed by atoms with Gasteiger partial charge < -0.3 is 0 Å². The maximum atomic E-state index is 2.36. The number of rotatable bonds is 15. The van der Waals surface area contributed by atoms with Crippen molar-refractivity contribution in [2.24, 2.45) is 5.92 Å². The first-order valence-corrected chi connectivity index (χ1v) is 12.4. The first-order chi connectivity index (χ1) is 11.8. The SMILES string of the molecule is CCCCCCC(SSc1ccccc1)C(CCC)CCCCC. The summed E-state index contributed by atoms with van der Waals surface area (Å²) in [5.74, 6) is 0.907. The second-order valence-electron chi connectivity index (χ2n) is 6.92. The average Bonchev–Trinajstić information content (AvgIpc) is 2.61. The normalized spacial score (nSPS) is 13.8. The summed E-state index contributed by atoms with van der Waals surface area (Å²) in [5, 5.41) is 0.823. The molecule has 0 spiro atoms. The predicted octanol–water partition coefficient (Wildman–Crippen LogP) is 8.76. The fraction of sp³-hybridized carbons (Fsp3) is 0.727. The Labute approximate surface area is 159 Å². The summed E-state index contributed by atoms with van der Waals surface area (Å²) in [6, 6.07) is 10.9. The van der Waals surface area contributed by atoms with Crippen LogP contribution in [0.5, 0.6) is 0 Å². The van der Waals surface area contributed by atoms with E-state index in [4.69, 9.17) is 0 Å². The van der Waals surface area contributed by atoms with Crippen molar-refractivity contribution in [1.82, 2.24) is 0 Å². The highest BCUT2D eigenvalue weighted by molar-refractivity contribution is 8.76. The summed E-state index contributed by atoms with van der Waals surface area (Å²) in [6.45, 7) is 6.98. The van der Waals surface area contributed by atoms with Crippen molar-refractivity contribution in [3.63, 3.8) is 0 Å². The van der Waals surface area contributed by atoms with Crippen molar-refractivity contribution in [2.75, 3.05) is 0 Å². The number of hydrogen-bond acceptors (Lipinski definition) is 2. The van der Waals surface area contributed by atoms with Gasteiger partial charge in [0.25, 0.3) is 0 Å². The van der Waals surface area contributed by atoms with E-state index in [2.05, 4.69) is 61.9 Å². The second kappa shape index (κ2) is 15.2. The Hall–Kier alpha value is -0.0800. The minimum Gasteiger partial charge on any atom is -0.0852 e. The van der Waals surface area contributed by atoms with Gasteiger partial charge in [-0.1, -0.05) is 112 Å². The van der Waals surface area contributed by atoms with Crippen molar-refractivity contribution in [3.05, 3.63) is 30.3 Å². The van der Waals surface area contributed by atoms with Gasteiger partial charge in [0, 0.05) is 10.1 Å². The molecular weight excluding hydrogens is 328 g/mol. The lowest BCUT2D eigenvalue weighted by atomic mass is 9.90. The van der Waals surface area contributed by atoms with E-state index in [1.54, 1.807) is 0 Å². The zero-order valence-electron chi connectivity index (χ0n) is 16.1. The summed E-state index contributed by atoms with van der Waals surface area (Å²) in [6.07, 6.45) is 15.3. The molecule has 1 aromatic carbocycles. The van der Waals surface area contributed by atoms with Gasteiger partial charge in [0.1, 0.15) is 0 Å². The smallest absolute Gasteiger partial charge is 0.0183 e. The summed E-state index contributed by atoms with van der Waals surface area (Å²) < 4.78 is 0. The topological polar surface area (TPSA) is 0 Å². The zero-order chi connectivity index (χ0) is 17.5. The summed E-state index contributed by atoms with van der Waals surface area (Å²) in [7, 11) is 4.16. The molecule has 138 valence electrons. The largest absolute Gasteiger partial charge is 0.0852 e. The molecule has 2 heteroatoms. The number of hydrogen-bond donors (Lipinski definition) is 0. The van der Waals surface area contributed by atoms with Crippen LogP contribution in [-0.4, -0.2) is 5.25 Å². The fourth-order valence-electron chi connectivity index (χ4n) is 3.27. The third kappa shape index (κ3) is 10.0. The highest BCUT2D eigenvalue weighted by Crippen LogP contribution is 2.42. The molecule has 0 saturated heterocycles. The Kier molecular flexibility index (Phi) is 13.9. The molecule has 0 aliphatic carbocycles. The molecule has 0 N–H and O–H groups in total. The van der Waals surface area contributed by atoms with Crippen molar-refractivity contribution in [1.29, 1.82) is 0 Å². The molecule has 2 unspecified atom stereocenters. The van der Waals surface area contributed by atoms with E-state index in [0.29, 0.717) is 0 Å². The van der Waals surface area contributed by atoms with Crippen LogP contribution in [0.25, 0.3) is 0 Å². The molecule has 0 aliphatic heterocycles. The summed E-state index contributed by atoms with van der Waals surface area (Å²) >= 11 is 0. The third-order valence-electron chi connectivity index (χ3n) is 4.72. The van der Waals surface area contributed by atoms with Gasteiger partial charge in [0.05, 0.1) is 0 Å². The van der Waals surface area contributed by atoms with Crippen LogP contribution in [-0.2, 0) is 0 Å². The van der Waals surface area contributed by atoms with Crippen LogP contribution in [0.2, 0.25) is 0 Å². The van der Waals surface area contributed by atoms with E-state index >= 15 is 0 Å². The molecular formula is C22H38S2. The van der Waals surface area contributed by atoms with E-state index in [0.717, 1.165) is 11.2 Å². The molecule has 0 heterocycles. The molecule has 1 aromatic rings. The molecule has 2 atom stereocenters. The van der Waals surface area contributed by atoms with Gasteiger partial charge in [-0.15, -0.1) is 0 Å². The molecule has 0 fully saturated rings. The van der Waals surface area contributed by atoms with Crippen LogP contribution in [0.1, 0.15) is 91.4 Å². The minimum atomic E-state index is 0.823. The van der Waals surface area contributed by atoms with Gasteiger partial charge in [0.15, 0.2) is 0 Å². The maximum absolute atomic E-state index is 2.36. The van der Waals surface area contributed by atoms with Gasteiger partial charge >= 0.3 is 0 Å². The van der Waals surface area contributed by atoms with Crippen LogP contribution in [0.15, 0.2) is 35.2 Å². The number of unbranched alkanes of at least 4 members (excludes halogenated alkanes) is 5. The average molecular weight is 367 g/mol. The molecule has 0 bridgehead atoms. The zero-order valence-corrected chi connectivity index (χ0v) is 17.8. The molecule has 0 amide bonds. The molecule has 1 rings (SSSR count). The Balaban J connectivity index is 2.57. The fourth-order valence-corrected chi connectivity index (χ4v) is 6.26. The lowest BCUT2D eigenvalue weighted by molar-refractivity contribution is 0.392. The van der Waals surface area contributed by atoms with E-state index in [-0.39, 0.29) is 0 Å². The molecule has 0 aromatic heterocycles. The first kappa shape index (κ1) is 22.0. The van der Waals surface area contributed by atoms with Crippen molar-refractivity contribution >= 4 is 21.6 Å². The van der Waals surface area contributed by atoms with Gasteiger partial charge in [-0.25, -0.2) is 0 Å². The van der Waals surface area contributed by atoms with E-state index < -0.39 is 0 Å². The lowest BCUT2D eigenvalue weighted by Gasteiger charge is -2.26. The second-order valence-corrected chi connectivity index (χ2v) is 9.44. The van der Waals surface area contributed by atoms with Crippen molar-refractivity contribution in [2.45, 2.75) is 102 Å². The van der Waals surface area contributed by atoms with Crippen LogP contribution >= 0.6 is 21.6 Å². The van der Waals surface area contributed by atoms with Crippen LogP contribution < -0.4 is 0 Å². The first-order valence-electron chi connectivity index (χ1n) is 10.2. The summed E-state index contributed by atoms with van der Waals surface area (Å²) in [5.41, 5.74) is 0. The van der Waals surface area contributed by atoms with E-state index in [1.807, 2.05) is 10.8 Å². The van der Waals surface area contributed by atoms with Crippen LogP contribution in [0.3, 0.4) is 0 Å². The third-order valence-corrected chi connectivity index (χ3v) is 7.75. The highest BCUT2D eigenvalue weighted by atomic mass is 33.1. The van der Waals surface area contributed by atoms with Gasteiger partial charge in [-0.2, -0.15) is 0 Å². The molecule has 0 saturated carbocycles. The highest BCUT2D eigenvalue weighted by Gasteiger charge is 2.21. The Morgan fingerprint density at radius 3 is 2.04 bits per heavy atom. The number of benzene rings is 1. The Morgan fingerprint density at radius 1 is 0.708 bits per heavy atom. The van der Waals surface area contributed by atoms with Crippen molar-refractivity contribution in [3.8, 4) is 0 Å². The van der Waals surface area contributed by atoms with Crippen LogP contribution in [0.4, 0.5) is 0 Å². The van der Waals surface area contributed by atoms with Gasteiger partial charge in [-0.05, 0) is 37.3 Å². The molecule has 24 heavy (non-hydrogen) atoms. The molecule has 0 nitrogen and oxygen atoms in total.